The number of hydrogen-bond acceptors (Lipinski definition) is 5. The van der Waals surface area contributed by atoms with Gasteiger partial charge in [-0.1, -0.05) is 6.07 Å². The predicted molar refractivity (Wildman–Crippen MR) is 89.2 cm³/mol. The van der Waals surface area contributed by atoms with Gasteiger partial charge in [0.25, 0.3) is 5.91 Å². The van der Waals surface area contributed by atoms with E-state index in [0.717, 1.165) is 19.3 Å². The molecular weight excluding hydrogens is 332 g/mol. The Kier molecular flexibility index (Phi) is 6.73. The minimum atomic E-state index is -3.80. The molecule has 7 nitrogen and oxygen atoms in total. The first-order chi connectivity index (χ1) is 11.4. The minimum Gasteiger partial charge on any atom is -0.389 e. The maximum atomic E-state index is 12.3. The lowest BCUT2D eigenvalue weighted by atomic mass is 9.93. The Bertz CT molecular complexity index is 658. The summed E-state index contributed by atoms with van der Waals surface area (Å²) in [6.07, 6.45) is 2.10. The van der Waals surface area contributed by atoms with Crippen LogP contribution in [0.3, 0.4) is 0 Å². The highest BCUT2D eigenvalue weighted by atomic mass is 32.2. The van der Waals surface area contributed by atoms with Crippen molar-refractivity contribution < 1.29 is 23.1 Å². The van der Waals surface area contributed by atoms with Crippen LogP contribution in [0.5, 0.6) is 0 Å². The highest BCUT2D eigenvalue weighted by Crippen LogP contribution is 2.19. The molecular formula is C16H24N2O5S. The van der Waals surface area contributed by atoms with Crippen LogP contribution in [0.1, 0.15) is 36.5 Å². The molecule has 1 amide bonds. The smallest absolute Gasteiger partial charge is 0.251 e. The third kappa shape index (κ3) is 5.27. The van der Waals surface area contributed by atoms with Gasteiger partial charge in [-0.05, 0) is 44.4 Å². The van der Waals surface area contributed by atoms with Crippen LogP contribution >= 0.6 is 0 Å². The first-order valence-corrected chi connectivity index (χ1v) is 9.57. The molecule has 1 aromatic rings. The second-order valence-electron chi connectivity index (χ2n) is 5.79. The maximum absolute atomic E-state index is 12.3. The fourth-order valence-electron chi connectivity index (χ4n) is 2.23. The number of nitrogens with one attached hydrogen (secondary N) is 2. The zero-order chi connectivity index (χ0) is 17.6. The molecule has 134 valence electrons. The molecule has 0 radical (unpaired) electrons. The summed E-state index contributed by atoms with van der Waals surface area (Å²) in [6, 6.07) is 6.05. The molecule has 1 aliphatic rings. The van der Waals surface area contributed by atoms with Crippen LogP contribution in [-0.2, 0) is 14.8 Å². The Labute approximate surface area is 142 Å². The van der Waals surface area contributed by atoms with Crippen LogP contribution in [0, 0.1) is 0 Å². The van der Waals surface area contributed by atoms with Crippen LogP contribution in [0.25, 0.3) is 0 Å². The average molecular weight is 356 g/mol. The minimum absolute atomic E-state index is 0.00707. The number of aliphatic hydroxyl groups is 1. The Morgan fingerprint density at radius 1 is 1.42 bits per heavy atom. The topological polar surface area (TPSA) is 105 Å². The lowest BCUT2D eigenvalue weighted by Crippen LogP contribution is -2.39. The molecule has 0 saturated heterocycles. The van der Waals surface area contributed by atoms with Gasteiger partial charge in [-0.3, -0.25) is 4.79 Å². The van der Waals surface area contributed by atoms with Gasteiger partial charge >= 0.3 is 0 Å². The molecule has 1 aromatic carbocycles. The van der Waals surface area contributed by atoms with Crippen LogP contribution in [0.4, 0.5) is 0 Å². The van der Waals surface area contributed by atoms with Gasteiger partial charge in [-0.15, -0.1) is 0 Å². The molecule has 1 fully saturated rings. The molecule has 0 aliphatic heterocycles. The number of sulfonamides is 1. The molecule has 1 unspecified atom stereocenters. The van der Waals surface area contributed by atoms with E-state index in [0.29, 0.717) is 12.2 Å². The van der Waals surface area contributed by atoms with Gasteiger partial charge in [0.15, 0.2) is 0 Å². The monoisotopic (exact) mass is 356 g/mol. The lowest BCUT2D eigenvalue weighted by molar-refractivity contribution is 0.0456. The fourth-order valence-corrected chi connectivity index (χ4v) is 3.35. The Morgan fingerprint density at radius 2 is 2.17 bits per heavy atom. The molecule has 2 rings (SSSR count). The van der Waals surface area contributed by atoms with Crippen LogP contribution in [0.15, 0.2) is 29.2 Å². The summed E-state index contributed by atoms with van der Waals surface area (Å²) in [5.74, 6) is -0.270. The van der Waals surface area contributed by atoms with Gasteiger partial charge in [0, 0.05) is 24.8 Å². The summed E-state index contributed by atoms with van der Waals surface area (Å²) < 4.78 is 31.9. The molecule has 1 aliphatic carbocycles. The summed E-state index contributed by atoms with van der Waals surface area (Å²) in [5, 5.41) is 12.5. The number of aliphatic hydroxyl groups excluding tert-OH is 1. The zero-order valence-electron chi connectivity index (χ0n) is 13.7. The molecule has 0 aromatic heterocycles. The van der Waals surface area contributed by atoms with E-state index in [1.54, 1.807) is 13.0 Å². The molecule has 0 spiro atoms. The number of carbonyl (C=O) groups is 1. The van der Waals surface area contributed by atoms with Crippen molar-refractivity contribution in [1.82, 2.24) is 10.0 Å². The van der Waals surface area contributed by atoms with Crippen LogP contribution < -0.4 is 10.0 Å². The Morgan fingerprint density at radius 3 is 2.79 bits per heavy atom. The van der Waals surface area contributed by atoms with E-state index in [9.17, 15) is 18.3 Å². The number of amides is 1. The molecule has 1 saturated carbocycles. The normalized spacial score (nSPS) is 16.4. The second kappa shape index (κ2) is 8.57. The summed E-state index contributed by atoms with van der Waals surface area (Å²) in [6.45, 7) is 2.14. The predicted octanol–water partition coefficient (Wildman–Crippen LogP) is 0.645. The standard InChI is InChI=1S/C16H24N2O5S/c1-2-23-11-14(19)10-17-24(21,22)15-8-3-5-12(9-15)16(20)18-13-6-4-7-13/h3,5,8-9,13-14,17,19H,2,4,6-7,10-11H2,1H3,(H,18,20). The summed E-state index contributed by atoms with van der Waals surface area (Å²) in [4.78, 5) is 12.1. The molecule has 24 heavy (non-hydrogen) atoms. The summed E-state index contributed by atoms with van der Waals surface area (Å²) in [5.41, 5.74) is 0.305. The van der Waals surface area contributed by atoms with Crippen molar-refractivity contribution in [2.45, 2.75) is 43.2 Å². The lowest BCUT2D eigenvalue weighted by Gasteiger charge is -2.26. The molecule has 8 heteroatoms. The quantitative estimate of drug-likeness (QED) is 0.602. The van der Waals surface area contributed by atoms with E-state index >= 15 is 0 Å². The van der Waals surface area contributed by atoms with Crippen molar-refractivity contribution in [3.8, 4) is 0 Å². The average Bonchev–Trinajstić information content (AvgIpc) is 2.54. The van der Waals surface area contributed by atoms with Gasteiger partial charge in [0.05, 0.1) is 17.6 Å². The zero-order valence-corrected chi connectivity index (χ0v) is 14.5. The molecule has 3 N–H and O–H groups in total. The first-order valence-electron chi connectivity index (χ1n) is 8.08. The van der Waals surface area contributed by atoms with E-state index in [1.807, 2.05) is 0 Å². The van der Waals surface area contributed by atoms with E-state index in [4.69, 9.17) is 4.74 Å². The van der Waals surface area contributed by atoms with Crippen molar-refractivity contribution in [3.05, 3.63) is 29.8 Å². The number of carbonyl (C=O) groups excluding carboxylic acids is 1. The maximum Gasteiger partial charge on any atom is 0.251 e. The number of rotatable bonds is 9. The van der Waals surface area contributed by atoms with Gasteiger partial charge in [-0.2, -0.15) is 0 Å². The van der Waals surface area contributed by atoms with Gasteiger partial charge in [0.1, 0.15) is 0 Å². The molecule has 0 heterocycles. The first kappa shape index (κ1) is 18.9. The SMILES string of the molecule is CCOCC(O)CNS(=O)(=O)c1cccc(C(=O)NC2CCC2)c1. The van der Waals surface area contributed by atoms with Crippen LogP contribution in [-0.4, -0.2) is 51.3 Å². The third-order valence-electron chi connectivity index (χ3n) is 3.87. The van der Waals surface area contributed by atoms with E-state index in [-0.39, 0.29) is 30.0 Å². The summed E-state index contributed by atoms with van der Waals surface area (Å²) in [7, 11) is -3.80. The largest absolute Gasteiger partial charge is 0.389 e. The van der Waals surface area contributed by atoms with Gasteiger partial charge in [-0.25, -0.2) is 13.1 Å². The van der Waals surface area contributed by atoms with E-state index in [1.165, 1.54) is 18.2 Å². The van der Waals surface area contributed by atoms with Gasteiger partial charge in [0.2, 0.25) is 10.0 Å². The number of ether oxygens (including phenoxy) is 1. The highest BCUT2D eigenvalue weighted by Gasteiger charge is 2.22. The van der Waals surface area contributed by atoms with Crippen molar-refractivity contribution in [1.29, 1.82) is 0 Å². The fraction of sp³-hybridized carbons (Fsp3) is 0.562. The number of benzene rings is 1. The van der Waals surface area contributed by atoms with Crippen LogP contribution in [0.2, 0.25) is 0 Å². The second-order valence-corrected chi connectivity index (χ2v) is 7.56. The van der Waals surface area contributed by atoms with E-state index in [2.05, 4.69) is 10.0 Å². The van der Waals surface area contributed by atoms with Crippen molar-refractivity contribution >= 4 is 15.9 Å². The van der Waals surface area contributed by atoms with Crippen molar-refractivity contribution in [3.63, 3.8) is 0 Å². The molecule has 0 bridgehead atoms. The number of hydrogen-bond donors (Lipinski definition) is 3. The highest BCUT2D eigenvalue weighted by molar-refractivity contribution is 7.89. The van der Waals surface area contributed by atoms with E-state index < -0.39 is 16.1 Å². The van der Waals surface area contributed by atoms with Crippen molar-refractivity contribution in [2.75, 3.05) is 19.8 Å². The van der Waals surface area contributed by atoms with Gasteiger partial charge < -0.3 is 15.2 Å². The van der Waals surface area contributed by atoms with Crippen molar-refractivity contribution in [2.24, 2.45) is 0 Å². The Balaban J connectivity index is 1.99. The molecule has 1 atom stereocenters. The third-order valence-corrected chi connectivity index (χ3v) is 5.29. The summed E-state index contributed by atoms with van der Waals surface area (Å²) >= 11 is 0. The Hall–Kier alpha value is -1.48.